The van der Waals surface area contributed by atoms with E-state index in [0.29, 0.717) is 37.9 Å². The first-order chi connectivity index (χ1) is 12.4. The van der Waals surface area contributed by atoms with Crippen LogP contribution in [0.2, 0.25) is 0 Å². The summed E-state index contributed by atoms with van der Waals surface area (Å²) in [5.41, 5.74) is 0. The molecule has 1 atom stereocenters. The number of likely N-dealkylation sites (tertiary alicyclic amines) is 1. The second kappa shape index (κ2) is 8.02. The molecule has 0 aromatic carbocycles. The van der Waals surface area contributed by atoms with E-state index in [1.54, 1.807) is 11.8 Å². The highest BCUT2D eigenvalue weighted by molar-refractivity contribution is 7.91. The number of nitrogens with one attached hydrogen (secondary N) is 2. The molecule has 26 heavy (non-hydrogen) atoms. The number of amides is 1. The number of hydrogen-bond donors (Lipinski definition) is 2. The van der Waals surface area contributed by atoms with Crippen LogP contribution >= 0.6 is 0 Å². The normalized spacial score (nSPS) is 22.8. The summed E-state index contributed by atoms with van der Waals surface area (Å²) in [4.78, 5) is 17.8. The Hall–Kier alpha value is -2.17. The van der Waals surface area contributed by atoms with E-state index in [9.17, 15) is 13.2 Å². The van der Waals surface area contributed by atoms with E-state index in [1.807, 2.05) is 0 Å². The van der Waals surface area contributed by atoms with E-state index in [4.69, 9.17) is 4.74 Å². The standard InChI is InChI=1S/C15H24N6O4S/c1-2-25-15(22)21-6-3-11(4-7-21)18-14-19-13(9-16-20-14)17-12-5-8-26(23,24)10-12/h9,11-12H,2-8,10H2,1H3,(H2,17,18,19,20). The van der Waals surface area contributed by atoms with E-state index < -0.39 is 9.84 Å². The Kier molecular flexibility index (Phi) is 5.74. The van der Waals surface area contributed by atoms with Gasteiger partial charge < -0.3 is 20.3 Å². The maximum Gasteiger partial charge on any atom is 0.409 e. The molecule has 0 bridgehead atoms. The van der Waals surface area contributed by atoms with Gasteiger partial charge in [-0.05, 0) is 26.2 Å². The van der Waals surface area contributed by atoms with Crippen molar-refractivity contribution in [2.45, 2.75) is 38.3 Å². The number of ether oxygens (including phenoxy) is 1. The van der Waals surface area contributed by atoms with Crippen molar-refractivity contribution >= 4 is 27.7 Å². The van der Waals surface area contributed by atoms with Crippen molar-refractivity contribution in [1.82, 2.24) is 20.1 Å². The average Bonchev–Trinajstić information content (AvgIpc) is 2.94. The van der Waals surface area contributed by atoms with Gasteiger partial charge in [0.1, 0.15) is 0 Å². The largest absolute Gasteiger partial charge is 0.450 e. The van der Waals surface area contributed by atoms with Crippen LogP contribution in [0.25, 0.3) is 0 Å². The predicted octanol–water partition coefficient (Wildman–Crippen LogP) is 0.503. The number of aromatic nitrogens is 3. The summed E-state index contributed by atoms with van der Waals surface area (Å²) in [6, 6.07) is 0.00181. The van der Waals surface area contributed by atoms with Gasteiger partial charge in [0.05, 0.1) is 24.3 Å². The van der Waals surface area contributed by atoms with Crippen LogP contribution in [0.5, 0.6) is 0 Å². The lowest BCUT2D eigenvalue weighted by Crippen LogP contribution is -2.42. The van der Waals surface area contributed by atoms with Gasteiger partial charge in [-0.2, -0.15) is 10.1 Å². The number of carbonyl (C=O) groups is 1. The Labute approximate surface area is 152 Å². The molecule has 1 aromatic heterocycles. The van der Waals surface area contributed by atoms with Crippen LogP contribution in [-0.4, -0.2) is 77.9 Å². The first-order valence-electron chi connectivity index (χ1n) is 8.80. The lowest BCUT2D eigenvalue weighted by molar-refractivity contribution is 0.0983. The number of carbonyl (C=O) groups excluding carboxylic acids is 1. The van der Waals surface area contributed by atoms with Gasteiger partial charge in [0.2, 0.25) is 5.95 Å². The average molecular weight is 384 g/mol. The second-order valence-corrected chi connectivity index (χ2v) is 8.74. The minimum Gasteiger partial charge on any atom is -0.450 e. The zero-order valence-corrected chi connectivity index (χ0v) is 15.5. The van der Waals surface area contributed by atoms with Crippen LogP contribution in [0, 0.1) is 0 Å². The molecule has 2 aliphatic rings. The first-order valence-corrected chi connectivity index (χ1v) is 10.6. The summed E-state index contributed by atoms with van der Waals surface area (Å²) in [6.45, 7) is 3.39. The Morgan fingerprint density at radius 3 is 2.69 bits per heavy atom. The fraction of sp³-hybridized carbons (Fsp3) is 0.733. The molecule has 11 heteroatoms. The molecule has 0 saturated carbocycles. The highest BCUT2D eigenvalue weighted by Crippen LogP contribution is 2.18. The topological polar surface area (TPSA) is 126 Å². The third kappa shape index (κ3) is 4.93. The summed E-state index contributed by atoms with van der Waals surface area (Å²) in [5.74, 6) is 1.22. The number of rotatable bonds is 5. The fourth-order valence-corrected chi connectivity index (χ4v) is 4.83. The minimum atomic E-state index is -2.95. The van der Waals surface area contributed by atoms with Gasteiger partial charge in [0, 0.05) is 25.2 Å². The number of hydrogen-bond acceptors (Lipinski definition) is 9. The molecule has 2 N–H and O–H groups in total. The van der Waals surface area contributed by atoms with Crippen molar-refractivity contribution in [2.75, 3.05) is 41.8 Å². The van der Waals surface area contributed by atoms with Crippen LogP contribution in [-0.2, 0) is 14.6 Å². The molecule has 0 aliphatic carbocycles. The molecule has 3 rings (SSSR count). The molecule has 2 aliphatic heterocycles. The van der Waals surface area contributed by atoms with E-state index in [1.165, 1.54) is 6.20 Å². The molecule has 144 valence electrons. The molecule has 0 spiro atoms. The van der Waals surface area contributed by atoms with Crippen molar-refractivity contribution in [2.24, 2.45) is 0 Å². The second-order valence-electron chi connectivity index (χ2n) is 6.51. The van der Waals surface area contributed by atoms with Crippen molar-refractivity contribution in [3.05, 3.63) is 6.20 Å². The van der Waals surface area contributed by atoms with E-state index in [2.05, 4.69) is 25.8 Å². The fourth-order valence-electron chi connectivity index (χ4n) is 3.16. The quantitative estimate of drug-likeness (QED) is 0.746. The SMILES string of the molecule is CCOC(=O)N1CCC(Nc2nncc(NC3CCS(=O)(=O)C3)n2)CC1. The van der Waals surface area contributed by atoms with E-state index in [0.717, 1.165) is 12.8 Å². The summed E-state index contributed by atoms with van der Waals surface area (Å²) < 4.78 is 28.1. The highest BCUT2D eigenvalue weighted by Gasteiger charge is 2.28. The molecular formula is C15H24N6O4S. The van der Waals surface area contributed by atoms with Crippen molar-refractivity contribution in [3.8, 4) is 0 Å². The molecule has 2 fully saturated rings. The third-order valence-electron chi connectivity index (χ3n) is 4.50. The van der Waals surface area contributed by atoms with Gasteiger partial charge in [0.15, 0.2) is 15.7 Å². The van der Waals surface area contributed by atoms with E-state index >= 15 is 0 Å². The minimum absolute atomic E-state index is 0.117. The molecule has 2 saturated heterocycles. The molecule has 0 radical (unpaired) electrons. The molecule has 1 aromatic rings. The zero-order valence-electron chi connectivity index (χ0n) is 14.7. The smallest absolute Gasteiger partial charge is 0.409 e. The van der Waals surface area contributed by atoms with Crippen molar-refractivity contribution in [1.29, 1.82) is 0 Å². The lowest BCUT2D eigenvalue weighted by atomic mass is 10.1. The van der Waals surface area contributed by atoms with E-state index in [-0.39, 0.29) is 29.7 Å². The van der Waals surface area contributed by atoms with Crippen LogP contribution in [0.15, 0.2) is 6.20 Å². The molecule has 1 unspecified atom stereocenters. The Bertz CT molecular complexity index is 735. The molecule has 3 heterocycles. The maximum absolute atomic E-state index is 11.7. The van der Waals surface area contributed by atoms with Gasteiger partial charge in [-0.3, -0.25) is 0 Å². The maximum atomic E-state index is 11.7. The van der Waals surface area contributed by atoms with Gasteiger partial charge in [-0.15, -0.1) is 5.10 Å². The van der Waals surface area contributed by atoms with Gasteiger partial charge >= 0.3 is 6.09 Å². The zero-order chi connectivity index (χ0) is 18.6. The van der Waals surface area contributed by atoms with Crippen LogP contribution in [0.4, 0.5) is 16.6 Å². The Morgan fingerprint density at radius 1 is 1.27 bits per heavy atom. The number of nitrogens with zero attached hydrogens (tertiary/aromatic N) is 4. The number of sulfone groups is 1. The van der Waals surface area contributed by atoms with Crippen LogP contribution in [0.3, 0.4) is 0 Å². The van der Waals surface area contributed by atoms with Gasteiger partial charge in [0.25, 0.3) is 0 Å². The summed E-state index contributed by atoms with van der Waals surface area (Å²) >= 11 is 0. The highest BCUT2D eigenvalue weighted by atomic mass is 32.2. The summed E-state index contributed by atoms with van der Waals surface area (Å²) in [5, 5.41) is 14.2. The number of anilines is 2. The summed E-state index contributed by atoms with van der Waals surface area (Å²) in [7, 11) is -2.95. The summed E-state index contributed by atoms with van der Waals surface area (Å²) in [6.07, 6.45) is 3.31. The van der Waals surface area contributed by atoms with Crippen LogP contribution < -0.4 is 10.6 Å². The van der Waals surface area contributed by atoms with Crippen LogP contribution in [0.1, 0.15) is 26.2 Å². The third-order valence-corrected chi connectivity index (χ3v) is 6.27. The van der Waals surface area contributed by atoms with Gasteiger partial charge in [-0.25, -0.2) is 13.2 Å². The van der Waals surface area contributed by atoms with Crippen molar-refractivity contribution in [3.63, 3.8) is 0 Å². The number of piperidine rings is 1. The molecular weight excluding hydrogens is 360 g/mol. The first kappa shape index (κ1) is 18.6. The van der Waals surface area contributed by atoms with Gasteiger partial charge in [-0.1, -0.05) is 0 Å². The molecule has 1 amide bonds. The Morgan fingerprint density at radius 2 is 2.04 bits per heavy atom. The predicted molar refractivity (Wildman–Crippen MR) is 95.7 cm³/mol. The molecule has 10 nitrogen and oxygen atoms in total. The monoisotopic (exact) mass is 384 g/mol. The Balaban J connectivity index is 1.51. The lowest BCUT2D eigenvalue weighted by Gasteiger charge is -2.31. The van der Waals surface area contributed by atoms with Crippen molar-refractivity contribution < 1.29 is 17.9 Å².